The molecule has 4 aliphatic rings. The highest BCUT2D eigenvalue weighted by atomic mass is 14.7. The fourth-order valence-electron chi connectivity index (χ4n) is 9.94. The molecule has 0 heteroatoms. The van der Waals surface area contributed by atoms with Crippen LogP contribution in [0, 0.1) is 45.3 Å². The van der Waals surface area contributed by atoms with E-state index >= 15 is 0 Å². The second kappa shape index (κ2) is 7.52. The summed E-state index contributed by atoms with van der Waals surface area (Å²) in [4.78, 5) is 0. The molecule has 0 amide bonds. The third-order valence-electron chi connectivity index (χ3n) is 12.0. The summed E-state index contributed by atoms with van der Waals surface area (Å²) in [5, 5.41) is 0. The van der Waals surface area contributed by atoms with Gasteiger partial charge in [0.2, 0.25) is 0 Å². The summed E-state index contributed by atoms with van der Waals surface area (Å²) >= 11 is 0. The topological polar surface area (TPSA) is 0 Å². The summed E-state index contributed by atoms with van der Waals surface area (Å²) in [6.45, 7) is 20.4. The maximum absolute atomic E-state index is 2.76. The van der Waals surface area contributed by atoms with Crippen molar-refractivity contribution >= 4 is 0 Å². The van der Waals surface area contributed by atoms with Crippen LogP contribution in [-0.4, -0.2) is 0 Å². The Morgan fingerprint density at radius 3 is 2.40 bits per heavy atom. The van der Waals surface area contributed by atoms with Crippen LogP contribution in [0.3, 0.4) is 0 Å². The molecule has 4 aliphatic carbocycles. The van der Waals surface area contributed by atoms with Crippen molar-refractivity contribution in [3.63, 3.8) is 0 Å². The molecule has 0 radical (unpaired) electrons. The van der Waals surface area contributed by atoms with Crippen molar-refractivity contribution in [2.45, 2.75) is 120 Å². The summed E-state index contributed by atoms with van der Waals surface area (Å²) in [5.41, 5.74) is 5.33. The summed E-state index contributed by atoms with van der Waals surface area (Å²) in [6.07, 6.45) is 19.3. The molecule has 0 aromatic carbocycles. The zero-order valence-electron chi connectivity index (χ0n) is 21.5. The van der Waals surface area contributed by atoms with Crippen LogP contribution >= 0.6 is 0 Å². The van der Waals surface area contributed by atoms with Crippen molar-refractivity contribution in [3.8, 4) is 0 Å². The lowest BCUT2D eigenvalue weighted by atomic mass is 9.36. The molecule has 0 aromatic rings. The Bertz CT molecular complexity index is 722. The van der Waals surface area contributed by atoms with Gasteiger partial charge in [0.25, 0.3) is 0 Å². The van der Waals surface area contributed by atoms with Gasteiger partial charge in [-0.25, -0.2) is 0 Å². The van der Waals surface area contributed by atoms with Crippen molar-refractivity contribution in [1.82, 2.24) is 0 Å². The molecule has 3 saturated carbocycles. The summed E-state index contributed by atoms with van der Waals surface area (Å²) in [5.74, 6) is 3.64. The van der Waals surface area contributed by atoms with Crippen LogP contribution in [0.15, 0.2) is 23.3 Å². The van der Waals surface area contributed by atoms with E-state index in [9.17, 15) is 0 Å². The fraction of sp³-hybridized carbons (Fsp3) is 0.867. The van der Waals surface area contributed by atoms with Crippen molar-refractivity contribution < 1.29 is 0 Å². The van der Waals surface area contributed by atoms with E-state index in [1.165, 1.54) is 69.8 Å². The highest BCUT2D eigenvalue weighted by Crippen LogP contribution is 2.76. The van der Waals surface area contributed by atoms with Crippen LogP contribution in [0.25, 0.3) is 0 Å². The van der Waals surface area contributed by atoms with E-state index in [1.807, 2.05) is 0 Å². The summed E-state index contributed by atoms with van der Waals surface area (Å²) < 4.78 is 0. The second-order valence-electron chi connectivity index (χ2n) is 13.3. The maximum Gasteiger partial charge on any atom is -0.00854 e. The molecule has 8 unspecified atom stereocenters. The van der Waals surface area contributed by atoms with Crippen molar-refractivity contribution in [2.24, 2.45) is 45.3 Å². The molecule has 0 N–H and O–H groups in total. The van der Waals surface area contributed by atoms with Gasteiger partial charge in [-0.3, -0.25) is 0 Å². The Hall–Kier alpha value is -0.520. The molecule has 0 spiro atoms. The SMILES string of the molecule is CC(C)=CCCC(C)C1CCC2(C)C3CCC4(C)C(C)=CCCC4C3(C)CCC12C. The van der Waals surface area contributed by atoms with Gasteiger partial charge in [-0.05, 0) is 130 Å². The lowest BCUT2D eigenvalue weighted by Gasteiger charge is -2.68. The summed E-state index contributed by atoms with van der Waals surface area (Å²) in [7, 11) is 0. The molecule has 0 aliphatic heterocycles. The van der Waals surface area contributed by atoms with E-state index < -0.39 is 0 Å². The quantitative estimate of drug-likeness (QED) is 0.405. The van der Waals surface area contributed by atoms with Crippen LogP contribution in [0.1, 0.15) is 120 Å². The standard InChI is InChI=1S/C30H50/c1-21(2)11-9-12-22(3)24-15-18-30(8)26-16-17-27(5)23(4)13-10-14-25(27)28(26,6)19-20-29(24,30)7/h11,13,22,24-26H,9-10,12,14-20H2,1-8H3. The largest absolute Gasteiger partial charge is 0.0859 e. The van der Waals surface area contributed by atoms with Gasteiger partial charge in [-0.1, -0.05) is 57.9 Å². The zero-order valence-corrected chi connectivity index (χ0v) is 21.5. The average Bonchev–Trinajstić information content (AvgIpc) is 2.94. The molecule has 0 heterocycles. The summed E-state index contributed by atoms with van der Waals surface area (Å²) in [6, 6.07) is 0. The highest BCUT2D eigenvalue weighted by Gasteiger charge is 2.68. The minimum Gasteiger partial charge on any atom is -0.0859 e. The molecule has 0 nitrogen and oxygen atoms in total. The molecule has 0 saturated heterocycles. The van der Waals surface area contributed by atoms with Gasteiger partial charge in [-0.2, -0.15) is 0 Å². The van der Waals surface area contributed by atoms with Crippen molar-refractivity contribution in [2.75, 3.05) is 0 Å². The Morgan fingerprint density at radius 1 is 0.967 bits per heavy atom. The van der Waals surface area contributed by atoms with Crippen LogP contribution in [0.4, 0.5) is 0 Å². The van der Waals surface area contributed by atoms with Gasteiger partial charge in [-0.15, -0.1) is 0 Å². The van der Waals surface area contributed by atoms with Crippen molar-refractivity contribution in [1.29, 1.82) is 0 Å². The Morgan fingerprint density at radius 2 is 1.70 bits per heavy atom. The first kappa shape index (κ1) is 22.7. The average molecular weight is 411 g/mol. The Labute approximate surface area is 188 Å². The molecule has 0 aromatic heterocycles. The third-order valence-corrected chi connectivity index (χ3v) is 12.0. The predicted octanol–water partition coefficient (Wildman–Crippen LogP) is 9.36. The lowest BCUT2D eigenvalue weighted by Crippen LogP contribution is -2.61. The molecule has 3 fully saturated rings. The number of allylic oxidation sites excluding steroid dienone is 4. The third kappa shape index (κ3) is 3.05. The number of rotatable bonds is 4. The molecule has 30 heavy (non-hydrogen) atoms. The number of hydrogen-bond donors (Lipinski definition) is 0. The first-order valence-electron chi connectivity index (χ1n) is 13.3. The van der Waals surface area contributed by atoms with Crippen LogP contribution in [0.2, 0.25) is 0 Å². The first-order chi connectivity index (χ1) is 14.0. The number of fused-ring (bicyclic) bond motifs is 5. The van der Waals surface area contributed by atoms with Gasteiger partial charge in [0, 0.05) is 0 Å². The van der Waals surface area contributed by atoms with E-state index in [0.29, 0.717) is 21.7 Å². The maximum atomic E-state index is 2.76. The predicted molar refractivity (Wildman–Crippen MR) is 131 cm³/mol. The van der Waals surface area contributed by atoms with Gasteiger partial charge < -0.3 is 0 Å². The first-order valence-corrected chi connectivity index (χ1v) is 13.3. The molecule has 4 rings (SSSR count). The monoisotopic (exact) mass is 410 g/mol. The van der Waals surface area contributed by atoms with Gasteiger partial charge in [0.1, 0.15) is 0 Å². The van der Waals surface area contributed by atoms with E-state index in [0.717, 1.165) is 23.7 Å². The smallest absolute Gasteiger partial charge is 0.00854 e. The Kier molecular flexibility index (Phi) is 5.68. The fourth-order valence-corrected chi connectivity index (χ4v) is 9.94. The zero-order chi connectivity index (χ0) is 21.9. The van der Waals surface area contributed by atoms with E-state index in [4.69, 9.17) is 0 Å². The molecule has 0 bridgehead atoms. The lowest BCUT2D eigenvalue weighted by molar-refractivity contribution is -0.181. The minimum atomic E-state index is 0.475. The minimum absolute atomic E-state index is 0.475. The molecule has 8 atom stereocenters. The van der Waals surface area contributed by atoms with Gasteiger partial charge in [0.05, 0.1) is 0 Å². The van der Waals surface area contributed by atoms with E-state index in [2.05, 4.69) is 67.5 Å². The van der Waals surface area contributed by atoms with Gasteiger partial charge >= 0.3 is 0 Å². The van der Waals surface area contributed by atoms with Crippen LogP contribution < -0.4 is 0 Å². The van der Waals surface area contributed by atoms with E-state index in [1.54, 1.807) is 5.57 Å². The van der Waals surface area contributed by atoms with Crippen LogP contribution in [-0.2, 0) is 0 Å². The van der Waals surface area contributed by atoms with Crippen LogP contribution in [0.5, 0.6) is 0 Å². The normalized spacial score (nSPS) is 48.8. The highest BCUT2D eigenvalue weighted by molar-refractivity contribution is 5.24. The molecular formula is C30H50. The second-order valence-corrected chi connectivity index (χ2v) is 13.3. The Balaban J connectivity index is 1.61. The van der Waals surface area contributed by atoms with Crippen molar-refractivity contribution in [3.05, 3.63) is 23.3 Å². The van der Waals surface area contributed by atoms with E-state index in [-0.39, 0.29) is 0 Å². The number of hydrogen-bond acceptors (Lipinski definition) is 0. The molecular weight excluding hydrogens is 360 g/mol. The van der Waals surface area contributed by atoms with Gasteiger partial charge in [0.15, 0.2) is 0 Å². The molecule has 170 valence electrons.